The number of aromatic nitrogens is 2. The molecule has 0 bridgehead atoms. The van der Waals surface area contributed by atoms with E-state index in [2.05, 4.69) is 34.3 Å². The highest BCUT2D eigenvalue weighted by Crippen LogP contribution is 2.15. The Morgan fingerprint density at radius 2 is 1.75 bits per heavy atom. The lowest BCUT2D eigenvalue weighted by molar-refractivity contribution is 0.289. The van der Waals surface area contributed by atoms with E-state index in [1.54, 1.807) is 6.21 Å². The number of rotatable bonds is 8. The van der Waals surface area contributed by atoms with Gasteiger partial charge in [0.1, 0.15) is 5.75 Å². The van der Waals surface area contributed by atoms with Crippen LogP contribution in [-0.4, -0.2) is 28.6 Å². The molecule has 0 amide bonds. The molecular formula is C26H27N5O. The summed E-state index contributed by atoms with van der Waals surface area (Å²) in [6.45, 7) is 5.11. The summed E-state index contributed by atoms with van der Waals surface area (Å²) in [5.41, 5.74) is 6.64. The highest BCUT2D eigenvalue weighted by atomic mass is 16.5. The Hall–Kier alpha value is -3.93. The summed E-state index contributed by atoms with van der Waals surface area (Å²) in [7, 11) is 0. The maximum absolute atomic E-state index is 5.78. The van der Waals surface area contributed by atoms with Crippen LogP contribution in [0.2, 0.25) is 0 Å². The van der Waals surface area contributed by atoms with E-state index in [0.29, 0.717) is 17.6 Å². The van der Waals surface area contributed by atoms with E-state index < -0.39 is 0 Å². The number of amidine groups is 1. The quantitative estimate of drug-likeness (QED) is 0.216. The molecule has 6 heteroatoms. The third-order valence-corrected chi connectivity index (χ3v) is 4.84. The third-order valence-electron chi connectivity index (χ3n) is 4.84. The van der Waals surface area contributed by atoms with Crippen LogP contribution in [0.25, 0.3) is 11.0 Å². The van der Waals surface area contributed by atoms with Gasteiger partial charge in [-0.1, -0.05) is 44.2 Å². The number of ether oxygens (including phenoxy) is 1. The zero-order valence-electron chi connectivity index (χ0n) is 18.3. The molecule has 0 aliphatic heterocycles. The van der Waals surface area contributed by atoms with Crippen LogP contribution in [0.5, 0.6) is 5.75 Å². The summed E-state index contributed by atoms with van der Waals surface area (Å²) in [6, 6.07) is 25.5. The minimum absolute atomic E-state index is 0.539. The van der Waals surface area contributed by atoms with Crippen LogP contribution >= 0.6 is 0 Å². The summed E-state index contributed by atoms with van der Waals surface area (Å²) >= 11 is 0. The molecule has 0 spiro atoms. The van der Waals surface area contributed by atoms with Crippen molar-refractivity contribution in [3.8, 4) is 5.75 Å². The SMILES string of the molecule is CC(C)CCOc1ccc(/C=N/NC(=Nc2ccccc2)c2nc3ccccc3[nH]2)cc1. The van der Waals surface area contributed by atoms with E-state index in [1.807, 2.05) is 78.9 Å². The topological polar surface area (TPSA) is 74.7 Å². The van der Waals surface area contributed by atoms with Gasteiger partial charge in [0.05, 0.1) is 29.5 Å². The average molecular weight is 426 g/mol. The zero-order chi connectivity index (χ0) is 22.2. The Morgan fingerprint density at radius 1 is 1.00 bits per heavy atom. The molecule has 0 saturated heterocycles. The van der Waals surface area contributed by atoms with Crippen molar-refractivity contribution in [3.63, 3.8) is 0 Å². The number of aromatic amines is 1. The molecule has 0 aliphatic carbocycles. The van der Waals surface area contributed by atoms with E-state index in [0.717, 1.165) is 41.1 Å². The fourth-order valence-corrected chi connectivity index (χ4v) is 3.06. The first-order valence-electron chi connectivity index (χ1n) is 10.8. The monoisotopic (exact) mass is 425 g/mol. The molecule has 3 aromatic carbocycles. The van der Waals surface area contributed by atoms with Gasteiger partial charge in [-0.3, -0.25) is 5.43 Å². The van der Waals surface area contributed by atoms with E-state index in [-0.39, 0.29) is 0 Å². The lowest BCUT2D eigenvalue weighted by Crippen LogP contribution is -2.20. The van der Waals surface area contributed by atoms with Crippen molar-refractivity contribution in [2.24, 2.45) is 16.0 Å². The lowest BCUT2D eigenvalue weighted by atomic mass is 10.1. The van der Waals surface area contributed by atoms with Crippen LogP contribution in [0.15, 0.2) is 89.0 Å². The highest BCUT2D eigenvalue weighted by Gasteiger charge is 2.09. The second-order valence-electron chi connectivity index (χ2n) is 7.87. The van der Waals surface area contributed by atoms with Crippen molar-refractivity contribution in [3.05, 3.63) is 90.3 Å². The molecule has 0 unspecified atom stereocenters. The molecule has 2 N–H and O–H groups in total. The molecule has 6 nitrogen and oxygen atoms in total. The predicted octanol–water partition coefficient (Wildman–Crippen LogP) is 5.69. The third kappa shape index (κ3) is 5.82. The maximum atomic E-state index is 5.78. The van der Waals surface area contributed by atoms with Crippen LogP contribution in [0.1, 0.15) is 31.7 Å². The van der Waals surface area contributed by atoms with Gasteiger partial charge in [-0.25, -0.2) is 9.98 Å². The fourth-order valence-electron chi connectivity index (χ4n) is 3.06. The minimum atomic E-state index is 0.539. The Bertz CT molecular complexity index is 1160. The zero-order valence-corrected chi connectivity index (χ0v) is 18.3. The molecule has 0 radical (unpaired) electrons. The molecule has 162 valence electrons. The van der Waals surface area contributed by atoms with Gasteiger partial charge in [0, 0.05) is 0 Å². The van der Waals surface area contributed by atoms with Crippen molar-refractivity contribution >= 4 is 28.8 Å². The van der Waals surface area contributed by atoms with Gasteiger partial charge in [-0.2, -0.15) is 5.10 Å². The van der Waals surface area contributed by atoms with Crippen LogP contribution in [-0.2, 0) is 0 Å². The van der Waals surface area contributed by atoms with E-state index in [1.165, 1.54) is 0 Å². The van der Waals surface area contributed by atoms with E-state index >= 15 is 0 Å². The van der Waals surface area contributed by atoms with Crippen LogP contribution in [0.4, 0.5) is 5.69 Å². The number of hydrazone groups is 1. The number of H-pyrrole nitrogens is 1. The smallest absolute Gasteiger partial charge is 0.190 e. The molecule has 1 aromatic heterocycles. The average Bonchev–Trinajstić information content (AvgIpc) is 3.24. The first-order chi connectivity index (χ1) is 15.7. The molecule has 1 heterocycles. The van der Waals surface area contributed by atoms with Crippen molar-refractivity contribution in [1.82, 2.24) is 15.4 Å². The standard InChI is InChI=1S/C26H27N5O/c1-19(2)16-17-32-22-14-12-20(13-15-22)18-27-31-26(28-21-8-4-3-5-9-21)25-29-23-10-6-7-11-24(23)30-25/h3-15,18-19H,16-17H2,1-2H3,(H,28,31)(H,29,30)/b27-18+. The van der Waals surface area contributed by atoms with Crippen molar-refractivity contribution < 1.29 is 4.74 Å². The van der Waals surface area contributed by atoms with Crippen LogP contribution in [0.3, 0.4) is 0 Å². The van der Waals surface area contributed by atoms with Gasteiger partial charge in [0.15, 0.2) is 11.7 Å². The number of aliphatic imine (C=N–C) groups is 1. The first kappa shape index (κ1) is 21.3. The summed E-state index contributed by atoms with van der Waals surface area (Å²) in [6.07, 6.45) is 2.79. The molecule has 32 heavy (non-hydrogen) atoms. The van der Waals surface area contributed by atoms with Crippen molar-refractivity contribution in [1.29, 1.82) is 0 Å². The minimum Gasteiger partial charge on any atom is -0.494 e. The molecule has 4 rings (SSSR count). The second kappa shape index (κ2) is 10.4. The second-order valence-corrected chi connectivity index (χ2v) is 7.87. The van der Waals surface area contributed by atoms with Gasteiger partial charge in [0.25, 0.3) is 0 Å². The summed E-state index contributed by atoms with van der Waals surface area (Å²) < 4.78 is 5.78. The van der Waals surface area contributed by atoms with Crippen LogP contribution in [0, 0.1) is 5.92 Å². The van der Waals surface area contributed by atoms with Gasteiger partial charge in [-0.15, -0.1) is 0 Å². The first-order valence-corrected chi connectivity index (χ1v) is 10.8. The number of para-hydroxylation sites is 3. The maximum Gasteiger partial charge on any atom is 0.190 e. The van der Waals surface area contributed by atoms with Gasteiger partial charge in [-0.05, 0) is 66.4 Å². The molecular weight excluding hydrogens is 398 g/mol. The summed E-state index contributed by atoms with van der Waals surface area (Å²) in [5, 5.41) is 4.39. The molecule has 0 saturated carbocycles. The normalized spacial score (nSPS) is 12.0. The Balaban J connectivity index is 1.49. The van der Waals surface area contributed by atoms with Crippen LogP contribution < -0.4 is 10.2 Å². The number of imidazole rings is 1. The molecule has 0 fully saturated rings. The van der Waals surface area contributed by atoms with E-state index in [4.69, 9.17) is 9.73 Å². The van der Waals surface area contributed by atoms with Gasteiger partial charge < -0.3 is 9.72 Å². The highest BCUT2D eigenvalue weighted by molar-refractivity contribution is 6.00. The van der Waals surface area contributed by atoms with Crippen molar-refractivity contribution in [2.75, 3.05) is 6.61 Å². The number of fused-ring (bicyclic) bond motifs is 1. The lowest BCUT2D eigenvalue weighted by Gasteiger charge is -2.08. The fraction of sp³-hybridized carbons (Fsp3) is 0.192. The molecule has 0 aliphatic rings. The van der Waals surface area contributed by atoms with E-state index in [9.17, 15) is 0 Å². The van der Waals surface area contributed by atoms with Gasteiger partial charge >= 0.3 is 0 Å². The Morgan fingerprint density at radius 3 is 2.50 bits per heavy atom. The number of hydrogen-bond donors (Lipinski definition) is 2. The number of benzene rings is 3. The molecule has 4 aromatic rings. The number of nitrogens with one attached hydrogen (secondary N) is 2. The largest absolute Gasteiger partial charge is 0.494 e. The Kier molecular flexibility index (Phi) is 6.92. The molecule has 0 atom stereocenters. The number of hydrogen-bond acceptors (Lipinski definition) is 4. The van der Waals surface area contributed by atoms with Gasteiger partial charge in [0.2, 0.25) is 0 Å². The summed E-state index contributed by atoms with van der Waals surface area (Å²) in [4.78, 5) is 12.6. The summed E-state index contributed by atoms with van der Waals surface area (Å²) in [5.74, 6) is 2.66. The Labute approximate surface area is 188 Å². The number of nitrogens with zero attached hydrogens (tertiary/aromatic N) is 3. The predicted molar refractivity (Wildman–Crippen MR) is 131 cm³/mol. The van der Waals surface area contributed by atoms with Crippen molar-refractivity contribution in [2.45, 2.75) is 20.3 Å².